The highest BCUT2D eigenvalue weighted by Gasteiger charge is 2.11. The molecule has 0 aliphatic carbocycles. The number of nitrogens with one attached hydrogen (secondary N) is 1. The second-order valence-corrected chi connectivity index (χ2v) is 6.43. The number of fused-ring (bicyclic) bond motifs is 1. The number of carbonyl (C=O) groups excluding carboxylic acids is 1. The van der Waals surface area contributed by atoms with Crippen molar-refractivity contribution in [3.05, 3.63) is 78.8 Å². The van der Waals surface area contributed by atoms with Gasteiger partial charge in [0.2, 0.25) is 5.91 Å². The minimum Gasteiger partial charge on any atom is -0.497 e. The predicted molar refractivity (Wildman–Crippen MR) is 109 cm³/mol. The zero-order valence-electron chi connectivity index (χ0n) is 15.5. The summed E-state index contributed by atoms with van der Waals surface area (Å²) in [6, 6.07) is 21.4. The molecule has 28 heavy (non-hydrogen) atoms. The molecule has 0 atom stereocenters. The van der Waals surface area contributed by atoms with Gasteiger partial charge in [-0.3, -0.25) is 4.79 Å². The molecular formula is C23H20N2O3. The number of ether oxygens (including phenoxy) is 1. The molecule has 0 aliphatic rings. The summed E-state index contributed by atoms with van der Waals surface area (Å²) in [5, 5.41) is 5.10. The highest BCUT2D eigenvalue weighted by molar-refractivity contribution is 6.02. The molecule has 1 heterocycles. The fraction of sp³-hybridized carbons (Fsp3) is 0.130. The molecule has 140 valence electrons. The number of nitrogens with zero attached hydrogens (tertiary/aromatic N) is 1. The molecule has 0 radical (unpaired) electrons. The molecule has 0 saturated heterocycles. The number of methoxy groups -OCH3 is 1. The lowest BCUT2D eigenvalue weighted by atomic mass is 10.1. The lowest BCUT2D eigenvalue weighted by molar-refractivity contribution is -0.116. The molecule has 0 fully saturated rings. The first kappa shape index (κ1) is 17.8. The molecule has 5 heteroatoms. The van der Waals surface area contributed by atoms with Crippen LogP contribution in [0.15, 0.2) is 77.3 Å². The van der Waals surface area contributed by atoms with Gasteiger partial charge >= 0.3 is 0 Å². The van der Waals surface area contributed by atoms with Crippen molar-refractivity contribution in [1.29, 1.82) is 0 Å². The molecule has 1 amide bonds. The van der Waals surface area contributed by atoms with Crippen molar-refractivity contribution < 1.29 is 13.9 Å². The summed E-state index contributed by atoms with van der Waals surface area (Å²) < 4.78 is 11.0. The van der Waals surface area contributed by atoms with E-state index in [0.29, 0.717) is 24.5 Å². The van der Waals surface area contributed by atoms with Crippen molar-refractivity contribution in [2.75, 3.05) is 12.4 Å². The summed E-state index contributed by atoms with van der Waals surface area (Å²) >= 11 is 0. The summed E-state index contributed by atoms with van der Waals surface area (Å²) in [6.45, 7) is 0. The lowest BCUT2D eigenvalue weighted by Crippen LogP contribution is -2.12. The molecule has 3 aromatic carbocycles. The van der Waals surface area contributed by atoms with Crippen LogP contribution in [0.3, 0.4) is 0 Å². The van der Waals surface area contributed by atoms with Gasteiger partial charge in [-0.15, -0.1) is 0 Å². The van der Waals surface area contributed by atoms with Gasteiger partial charge in [-0.2, -0.15) is 0 Å². The van der Waals surface area contributed by atoms with Crippen LogP contribution >= 0.6 is 0 Å². The fourth-order valence-electron chi connectivity index (χ4n) is 3.10. The molecule has 4 aromatic rings. The van der Waals surface area contributed by atoms with E-state index in [-0.39, 0.29) is 5.91 Å². The van der Waals surface area contributed by atoms with Gasteiger partial charge in [-0.05, 0) is 23.6 Å². The molecule has 0 saturated carbocycles. The first-order valence-electron chi connectivity index (χ1n) is 9.10. The Morgan fingerprint density at radius 3 is 2.79 bits per heavy atom. The second-order valence-electron chi connectivity index (χ2n) is 6.43. The predicted octanol–water partition coefficient (Wildman–Crippen LogP) is 5.07. The Hall–Kier alpha value is -3.60. The third kappa shape index (κ3) is 3.88. The minimum absolute atomic E-state index is 0.0718. The number of anilines is 1. The zero-order chi connectivity index (χ0) is 19.3. The molecule has 0 bridgehead atoms. The Bertz CT molecular complexity index is 1110. The molecule has 0 unspecified atom stereocenters. The van der Waals surface area contributed by atoms with Crippen LogP contribution in [0.5, 0.6) is 5.75 Å². The zero-order valence-corrected chi connectivity index (χ0v) is 15.5. The van der Waals surface area contributed by atoms with E-state index in [1.54, 1.807) is 13.3 Å². The van der Waals surface area contributed by atoms with Crippen molar-refractivity contribution >= 4 is 22.4 Å². The minimum atomic E-state index is -0.0718. The van der Waals surface area contributed by atoms with Crippen LogP contribution in [0, 0.1) is 0 Å². The van der Waals surface area contributed by atoms with Gasteiger partial charge < -0.3 is 14.5 Å². The standard InChI is InChI=1S/C23H20N2O3/c1-27-18-9-4-8-17(14-18)21-15-24-23(28-21)13-12-22(26)25-20-11-5-7-16-6-2-3-10-19(16)20/h2-11,14-15H,12-13H2,1H3,(H,25,26). The smallest absolute Gasteiger partial charge is 0.224 e. The number of hydrogen-bond donors (Lipinski definition) is 1. The Morgan fingerprint density at radius 1 is 1.07 bits per heavy atom. The van der Waals surface area contributed by atoms with Crippen LogP contribution in [0.1, 0.15) is 12.3 Å². The van der Waals surface area contributed by atoms with E-state index >= 15 is 0 Å². The van der Waals surface area contributed by atoms with Crippen LogP contribution in [0.2, 0.25) is 0 Å². The number of aromatic nitrogens is 1. The van der Waals surface area contributed by atoms with Crippen LogP contribution in [0.4, 0.5) is 5.69 Å². The number of rotatable bonds is 6. The first-order valence-corrected chi connectivity index (χ1v) is 9.10. The molecular weight excluding hydrogens is 352 g/mol. The van der Waals surface area contributed by atoms with E-state index in [4.69, 9.17) is 9.15 Å². The van der Waals surface area contributed by atoms with Crippen LogP contribution in [0.25, 0.3) is 22.1 Å². The maximum absolute atomic E-state index is 12.4. The summed E-state index contributed by atoms with van der Waals surface area (Å²) in [5.74, 6) is 1.87. The number of carbonyl (C=O) groups is 1. The summed E-state index contributed by atoms with van der Waals surface area (Å²) in [5.41, 5.74) is 1.70. The normalized spacial score (nSPS) is 10.8. The van der Waals surface area contributed by atoms with Crippen molar-refractivity contribution in [2.45, 2.75) is 12.8 Å². The van der Waals surface area contributed by atoms with Gasteiger partial charge in [0.25, 0.3) is 0 Å². The van der Waals surface area contributed by atoms with Crippen molar-refractivity contribution in [3.63, 3.8) is 0 Å². The fourth-order valence-corrected chi connectivity index (χ4v) is 3.10. The maximum atomic E-state index is 12.4. The van der Waals surface area contributed by atoms with Gasteiger partial charge in [0.1, 0.15) is 5.75 Å². The van der Waals surface area contributed by atoms with E-state index < -0.39 is 0 Å². The summed E-state index contributed by atoms with van der Waals surface area (Å²) in [4.78, 5) is 16.7. The number of hydrogen-bond acceptors (Lipinski definition) is 4. The van der Waals surface area contributed by atoms with Crippen LogP contribution in [-0.2, 0) is 11.2 Å². The SMILES string of the molecule is COc1cccc(-c2cnc(CCC(=O)Nc3cccc4ccccc34)o2)c1. The molecule has 1 aromatic heterocycles. The average Bonchev–Trinajstić information content (AvgIpc) is 3.22. The Labute approximate surface area is 163 Å². The average molecular weight is 372 g/mol. The molecule has 0 spiro atoms. The van der Waals surface area contributed by atoms with Gasteiger partial charge in [-0.1, -0.05) is 48.5 Å². The van der Waals surface area contributed by atoms with E-state index in [2.05, 4.69) is 10.3 Å². The van der Waals surface area contributed by atoms with Crippen LogP contribution in [-0.4, -0.2) is 18.0 Å². The third-order valence-electron chi connectivity index (χ3n) is 4.54. The van der Waals surface area contributed by atoms with Crippen molar-refractivity contribution in [3.8, 4) is 17.1 Å². The number of aryl methyl sites for hydroxylation is 1. The van der Waals surface area contributed by atoms with E-state index in [0.717, 1.165) is 27.8 Å². The third-order valence-corrected chi connectivity index (χ3v) is 4.54. The van der Waals surface area contributed by atoms with Crippen LogP contribution < -0.4 is 10.1 Å². The van der Waals surface area contributed by atoms with Gasteiger partial charge in [0.15, 0.2) is 11.7 Å². The summed E-state index contributed by atoms with van der Waals surface area (Å²) in [7, 11) is 1.62. The van der Waals surface area contributed by atoms with Gasteiger partial charge in [0, 0.05) is 29.5 Å². The Balaban J connectivity index is 1.40. The van der Waals surface area contributed by atoms with Crippen molar-refractivity contribution in [2.24, 2.45) is 0 Å². The Morgan fingerprint density at radius 2 is 1.89 bits per heavy atom. The molecule has 4 rings (SSSR count). The molecule has 5 nitrogen and oxygen atoms in total. The number of amides is 1. The summed E-state index contributed by atoms with van der Waals surface area (Å²) in [6.07, 6.45) is 2.40. The van der Waals surface area contributed by atoms with Gasteiger partial charge in [0.05, 0.1) is 13.3 Å². The lowest BCUT2D eigenvalue weighted by Gasteiger charge is -2.08. The second kappa shape index (κ2) is 7.96. The van der Waals surface area contributed by atoms with Gasteiger partial charge in [-0.25, -0.2) is 4.98 Å². The number of benzene rings is 3. The quantitative estimate of drug-likeness (QED) is 0.513. The number of oxazole rings is 1. The van der Waals surface area contributed by atoms with Crippen molar-refractivity contribution in [1.82, 2.24) is 4.98 Å². The molecule has 0 aliphatic heterocycles. The van der Waals surface area contributed by atoms with E-state index in [9.17, 15) is 4.79 Å². The first-order chi connectivity index (χ1) is 13.7. The highest BCUT2D eigenvalue weighted by Crippen LogP contribution is 2.25. The highest BCUT2D eigenvalue weighted by atomic mass is 16.5. The van der Waals surface area contributed by atoms with E-state index in [1.807, 2.05) is 66.7 Å². The maximum Gasteiger partial charge on any atom is 0.224 e. The largest absolute Gasteiger partial charge is 0.497 e. The topological polar surface area (TPSA) is 64.4 Å². The monoisotopic (exact) mass is 372 g/mol. The van der Waals surface area contributed by atoms with E-state index in [1.165, 1.54) is 0 Å². The molecule has 1 N–H and O–H groups in total. The Kier molecular flexibility index (Phi) is 5.06.